The SMILES string of the molecule is CCCC(C)CN1CC2C(C1)C2CN(Cc1cccc(OC(F)(F)F)c1)C(=O)Oc1cn(C)cn1. The fourth-order valence-electron chi connectivity index (χ4n) is 5.30. The molecule has 0 bridgehead atoms. The largest absolute Gasteiger partial charge is 0.573 e. The minimum atomic E-state index is -4.78. The Hall–Kier alpha value is -2.75. The van der Waals surface area contributed by atoms with Gasteiger partial charge in [0.1, 0.15) is 5.75 Å². The standard InChI is InChI=1S/C25H33F3N4O3/c1-4-6-17(2)10-31-12-20-21(13-31)22(20)14-32(24(33)34-23-15-30(3)16-29-23)11-18-7-5-8-19(9-18)35-25(26,27)28/h5,7-9,15-17,20-22H,4,6,10-14H2,1-3H3. The van der Waals surface area contributed by atoms with Crippen LogP contribution in [0, 0.1) is 23.7 Å². The lowest BCUT2D eigenvalue weighted by atomic mass is 10.1. The lowest BCUT2D eigenvalue weighted by Gasteiger charge is -2.26. The van der Waals surface area contributed by atoms with E-state index in [2.05, 4.69) is 28.5 Å². The number of aryl methyl sites for hydroxylation is 1. The Labute approximate surface area is 203 Å². The van der Waals surface area contributed by atoms with Gasteiger partial charge in [-0.1, -0.05) is 32.4 Å². The van der Waals surface area contributed by atoms with Gasteiger partial charge in [0.15, 0.2) is 0 Å². The average molecular weight is 495 g/mol. The van der Waals surface area contributed by atoms with Gasteiger partial charge >= 0.3 is 12.5 Å². The summed E-state index contributed by atoms with van der Waals surface area (Å²) in [6.45, 7) is 8.26. The molecule has 2 heterocycles. The lowest BCUT2D eigenvalue weighted by molar-refractivity contribution is -0.274. The van der Waals surface area contributed by atoms with Crippen LogP contribution in [0.2, 0.25) is 0 Å². The number of nitrogens with zero attached hydrogens (tertiary/aromatic N) is 4. The van der Waals surface area contributed by atoms with E-state index in [0.29, 0.717) is 35.8 Å². The number of hydrogen-bond donors (Lipinski definition) is 0. The second-order valence-corrected chi connectivity index (χ2v) is 9.93. The summed E-state index contributed by atoms with van der Waals surface area (Å²) < 4.78 is 49.1. The van der Waals surface area contributed by atoms with Crippen molar-refractivity contribution in [1.29, 1.82) is 0 Å². The molecule has 1 aliphatic heterocycles. The number of fused-ring (bicyclic) bond motifs is 1. The number of hydrogen-bond acceptors (Lipinski definition) is 5. The van der Waals surface area contributed by atoms with Crippen LogP contribution in [0.3, 0.4) is 0 Å². The maximum Gasteiger partial charge on any atom is 0.573 e. The zero-order valence-corrected chi connectivity index (χ0v) is 20.4. The molecule has 1 amide bonds. The Morgan fingerprint density at radius 1 is 1.29 bits per heavy atom. The Bertz CT molecular complexity index is 1000. The van der Waals surface area contributed by atoms with Crippen molar-refractivity contribution in [3.8, 4) is 11.6 Å². The van der Waals surface area contributed by atoms with Crippen molar-refractivity contribution < 1.29 is 27.4 Å². The first-order valence-corrected chi connectivity index (χ1v) is 12.1. The van der Waals surface area contributed by atoms with Crippen molar-refractivity contribution >= 4 is 6.09 Å². The molecular formula is C25H33F3N4O3. The second-order valence-electron chi connectivity index (χ2n) is 9.93. The summed E-state index contributed by atoms with van der Waals surface area (Å²) in [4.78, 5) is 21.2. The van der Waals surface area contributed by atoms with Gasteiger partial charge in [-0.3, -0.25) is 0 Å². The molecule has 1 aromatic carbocycles. The Morgan fingerprint density at radius 3 is 2.66 bits per heavy atom. The highest BCUT2D eigenvalue weighted by Crippen LogP contribution is 2.52. The molecule has 192 valence electrons. The van der Waals surface area contributed by atoms with Gasteiger partial charge in [0, 0.05) is 39.8 Å². The topological polar surface area (TPSA) is 59.8 Å². The van der Waals surface area contributed by atoms with E-state index in [1.54, 1.807) is 28.8 Å². The highest BCUT2D eigenvalue weighted by atomic mass is 19.4. The van der Waals surface area contributed by atoms with Gasteiger partial charge in [0.05, 0.1) is 12.5 Å². The first kappa shape index (κ1) is 25.3. The molecule has 1 aromatic heterocycles. The number of carbonyl (C=O) groups excluding carboxylic acids is 1. The van der Waals surface area contributed by atoms with Crippen molar-refractivity contribution in [3.63, 3.8) is 0 Å². The number of carbonyl (C=O) groups is 1. The summed E-state index contributed by atoms with van der Waals surface area (Å²) in [6.07, 6.45) is 0.193. The predicted molar refractivity (Wildman–Crippen MR) is 124 cm³/mol. The number of amides is 1. The first-order chi connectivity index (χ1) is 16.6. The van der Waals surface area contributed by atoms with E-state index in [1.807, 2.05) is 0 Å². The molecule has 1 saturated carbocycles. The minimum Gasteiger partial charge on any atom is -0.406 e. The zero-order valence-electron chi connectivity index (χ0n) is 20.4. The summed E-state index contributed by atoms with van der Waals surface area (Å²) >= 11 is 0. The Morgan fingerprint density at radius 2 is 2.03 bits per heavy atom. The number of ether oxygens (including phenoxy) is 2. The van der Waals surface area contributed by atoms with Gasteiger partial charge in [-0.25, -0.2) is 9.78 Å². The van der Waals surface area contributed by atoms with Crippen LogP contribution in [0.25, 0.3) is 0 Å². The first-order valence-electron chi connectivity index (χ1n) is 12.1. The van der Waals surface area contributed by atoms with Crippen LogP contribution in [0.4, 0.5) is 18.0 Å². The van der Waals surface area contributed by atoms with Crippen molar-refractivity contribution in [2.45, 2.75) is 39.6 Å². The summed E-state index contributed by atoms with van der Waals surface area (Å²) in [7, 11) is 1.77. The molecule has 10 heteroatoms. The molecule has 2 aliphatic rings. The van der Waals surface area contributed by atoms with Crippen LogP contribution >= 0.6 is 0 Å². The number of aromatic nitrogens is 2. The number of halogens is 3. The molecule has 2 aromatic rings. The third-order valence-corrected chi connectivity index (χ3v) is 6.87. The van der Waals surface area contributed by atoms with Gasteiger partial charge in [-0.15, -0.1) is 13.2 Å². The number of benzene rings is 1. The maximum atomic E-state index is 13.0. The average Bonchev–Trinajstić information content (AvgIpc) is 3.07. The van der Waals surface area contributed by atoms with Gasteiger partial charge in [-0.05, 0) is 47.8 Å². The van der Waals surface area contributed by atoms with E-state index < -0.39 is 12.5 Å². The van der Waals surface area contributed by atoms with Crippen molar-refractivity contribution in [2.24, 2.45) is 30.7 Å². The van der Waals surface area contributed by atoms with E-state index in [-0.39, 0.29) is 18.2 Å². The molecule has 0 radical (unpaired) electrons. The fraction of sp³-hybridized carbons (Fsp3) is 0.600. The van der Waals surface area contributed by atoms with Crippen LogP contribution < -0.4 is 9.47 Å². The molecule has 35 heavy (non-hydrogen) atoms. The van der Waals surface area contributed by atoms with Gasteiger partial charge in [0.25, 0.3) is 0 Å². The molecular weight excluding hydrogens is 461 g/mol. The van der Waals surface area contributed by atoms with Crippen LogP contribution in [0.5, 0.6) is 11.6 Å². The minimum absolute atomic E-state index is 0.119. The molecule has 0 N–H and O–H groups in total. The van der Waals surface area contributed by atoms with E-state index in [9.17, 15) is 18.0 Å². The zero-order chi connectivity index (χ0) is 25.2. The summed E-state index contributed by atoms with van der Waals surface area (Å²) in [5.74, 6) is 1.98. The molecule has 3 atom stereocenters. The van der Waals surface area contributed by atoms with Crippen molar-refractivity contribution in [2.75, 3.05) is 26.2 Å². The van der Waals surface area contributed by atoms with Gasteiger partial charge in [-0.2, -0.15) is 0 Å². The molecule has 4 rings (SSSR count). The fourth-order valence-corrected chi connectivity index (χ4v) is 5.30. The van der Waals surface area contributed by atoms with Crippen molar-refractivity contribution in [1.82, 2.24) is 19.4 Å². The Kier molecular flexibility index (Phi) is 7.59. The Balaban J connectivity index is 1.40. The molecule has 2 fully saturated rings. The number of alkyl halides is 3. The maximum absolute atomic E-state index is 13.0. The lowest BCUT2D eigenvalue weighted by Crippen LogP contribution is -2.37. The van der Waals surface area contributed by atoms with Crippen LogP contribution in [-0.2, 0) is 13.6 Å². The normalized spacial score (nSPS) is 22.5. The van der Waals surface area contributed by atoms with Crippen LogP contribution in [-0.4, -0.2) is 58.0 Å². The summed E-state index contributed by atoms with van der Waals surface area (Å²) in [6, 6.07) is 5.71. The third kappa shape index (κ3) is 6.90. The van der Waals surface area contributed by atoms with E-state index in [1.165, 1.54) is 37.4 Å². The number of imidazole rings is 1. The van der Waals surface area contributed by atoms with E-state index >= 15 is 0 Å². The number of piperidine rings is 1. The summed E-state index contributed by atoms with van der Waals surface area (Å²) in [5, 5.41) is 0. The molecule has 1 saturated heterocycles. The van der Waals surface area contributed by atoms with Gasteiger partial charge < -0.3 is 23.8 Å². The number of likely N-dealkylation sites (tertiary alicyclic amines) is 1. The monoisotopic (exact) mass is 494 g/mol. The summed E-state index contributed by atoms with van der Waals surface area (Å²) in [5.41, 5.74) is 0.533. The quantitative estimate of drug-likeness (QED) is 0.469. The molecule has 1 aliphatic carbocycles. The van der Waals surface area contributed by atoms with Crippen molar-refractivity contribution in [3.05, 3.63) is 42.4 Å². The third-order valence-electron chi connectivity index (χ3n) is 6.87. The van der Waals surface area contributed by atoms with E-state index in [0.717, 1.165) is 19.6 Å². The highest BCUT2D eigenvalue weighted by Gasteiger charge is 2.56. The molecule has 0 spiro atoms. The smallest absolute Gasteiger partial charge is 0.406 e. The van der Waals surface area contributed by atoms with Crippen LogP contribution in [0.15, 0.2) is 36.8 Å². The van der Waals surface area contributed by atoms with E-state index in [4.69, 9.17) is 4.74 Å². The number of rotatable bonds is 10. The predicted octanol–water partition coefficient (Wildman–Crippen LogP) is 4.93. The molecule has 3 unspecified atom stereocenters. The van der Waals surface area contributed by atoms with Gasteiger partial charge in [0.2, 0.25) is 5.88 Å². The second kappa shape index (κ2) is 10.5. The van der Waals surface area contributed by atoms with Crippen LogP contribution in [0.1, 0.15) is 32.3 Å². The molecule has 7 nitrogen and oxygen atoms in total. The highest BCUT2D eigenvalue weighted by molar-refractivity contribution is 5.70.